The smallest absolute Gasteiger partial charge is 0.00520 e. The van der Waals surface area contributed by atoms with Crippen molar-refractivity contribution in [3.8, 4) is 0 Å². The highest BCUT2D eigenvalue weighted by Crippen LogP contribution is 1.79. The van der Waals surface area contributed by atoms with E-state index in [4.69, 9.17) is 0 Å². The van der Waals surface area contributed by atoms with Crippen molar-refractivity contribution in [1.29, 1.82) is 0 Å². The number of nitrogens with one attached hydrogen (secondary N) is 1. The van der Waals surface area contributed by atoms with E-state index in [1.807, 2.05) is 7.05 Å². The lowest BCUT2D eigenvalue weighted by Gasteiger charge is -1.89. The van der Waals surface area contributed by atoms with Crippen LogP contribution in [0.2, 0.25) is 0 Å². The van der Waals surface area contributed by atoms with E-state index < -0.39 is 0 Å². The van der Waals surface area contributed by atoms with E-state index in [0.717, 1.165) is 6.54 Å². The van der Waals surface area contributed by atoms with Crippen LogP contribution in [0.4, 0.5) is 0 Å². The summed E-state index contributed by atoms with van der Waals surface area (Å²) in [5.74, 6) is 0. The van der Waals surface area contributed by atoms with Crippen molar-refractivity contribution < 1.29 is 0 Å². The van der Waals surface area contributed by atoms with Crippen molar-refractivity contribution in [2.75, 3.05) is 13.6 Å². The summed E-state index contributed by atoms with van der Waals surface area (Å²) >= 11 is 0. The van der Waals surface area contributed by atoms with Gasteiger partial charge in [0.05, 0.1) is 0 Å². The van der Waals surface area contributed by atoms with E-state index in [1.54, 1.807) is 0 Å². The molecule has 1 N–H and O–H groups in total. The van der Waals surface area contributed by atoms with Crippen LogP contribution in [0, 0.1) is 0 Å². The molecular weight excluding hydrogens is 98.1 g/mol. The molecule has 1 nitrogen and oxygen atoms in total. The minimum atomic E-state index is 0. The summed E-state index contributed by atoms with van der Waals surface area (Å²) in [4.78, 5) is 0. The molecular formula is C7H21N. The van der Waals surface area contributed by atoms with Crippen LogP contribution in [0.3, 0.4) is 0 Å². The number of unbranched alkanes of at least 4 members (excludes halogenated alkanes) is 1. The zero-order chi connectivity index (χ0) is 4.83. The minimum absolute atomic E-state index is 0. The van der Waals surface area contributed by atoms with Crippen molar-refractivity contribution in [2.24, 2.45) is 0 Å². The molecule has 0 saturated carbocycles. The molecule has 0 spiro atoms. The molecule has 0 unspecified atom stereocenters. The molecule has 0 aliphatic carbocycles. The van der Waals surface area contributed by atoms with Gasteiger partial charge < -0.3 is 5.32 Å². The Balaban J connectivity index is -0.000000125. The van der Waals surface area contributed by atoms with Gasteiger partial charge >= 0.3 is 0 Å². The quantitative estimate of drug-likeness (QED) is 0.562. The molecule has 0 radical (unpaired) electrons. The SMILES string of the molecule is C.C.CCCCNC. The summed E-state index contributed by atoms with van der Waals surface area (Å²) in [5, 5.41) is 3.07. The Morgan fingerprint density at radius 2 is 1.75 bits per heavy atom. The lowest BCUT2D eigenvalue weighted by molar-refractivity contribution is 0.711. The van der Waals surface area contributed by atoms with Crippen LogP contribution in [0.1, 0.15) is 34.6 Å². The average Bonchev–Trinajstić information content (AvgIpc) is 1.61. The largest absolute Gasteiger partial charge is 0.320 e. The highest BCUT2D eigenvalue weighted by Gasteiger charge is 1.73. The van der Waals surface area contributed by atoms with Gasteiger partial charge in [-0.3, -0.25) is 0 Å². The van der Waals surface area contributed by atoms with Crippen molar-refractivity contribution in [3.05, 3.63) is 0 Å². The van der Waals surface area contributed by atoms with Crippen molar-refractivity contribution in [2.45, 2.75) is 34.6 Å². The standard InChI is InChI=1S/C5H13N.2CH4/c1-3-4-5-6-2;;/h6H,3-5H2,1-2H3;2*1H4. The molecule has 0 aliphatic heterocycles. The third-order valence-electron chi connectivity index (χ3n) is 0.780. The van der Waals surface area contributed by atoms with Gasteiger partial charge in [-0.25, -0.2) is 0 Å². The van der Waals surface area contributed by atoms with Gasteiger partial charge in [0, 0.05) is 0 Å². The topological polar surface area (TPSA) is 12.0 Å². The third-order valence-corrected chi connectivity index (χ3v) is 0.780. The molecule has 0 saturated heterocycles. The van der Waals surface area contributed by atoms with Crippen molar-refractivity contribution in [1.82, 2.24) is 5.32 Å². The van der Waals surface area contributed by atoms with Crippen LogP contribution in [-0.2, 0) is 0 Å². The lowest BCUT2D eigenvalue weighted by Crippen LogP contribution is -2.06. The van der Waals surface area contributed by atoms with Crippen LogP contribution in [-0.4, -0.2) is 13.6 Å². The zero-order valence-corrected chi connectivity index (χ0v) is 4.62. The van der Waals surface area contributed by atoms with Gasteiger partial charge in [0.1, 0.15) is 0 Å². The Kier molecular flexibility index (Phi) is 30.9. The fraction of sp³-hybridized carbons (Fsp3) is 1.00. The van der Waals surface area contributed by atoms with Crippen LogP contribution in [0.15, 0.2) is 0 Å². The number of rotatable bonds is 3. The molecule has 0 aromatic rings. The molecule has 0 heterocycles. The maximum atomic E-state index is 3.07. The van der Waals surface area contributed by atoms with E-state index in [-0.39, 0.29) is 14.9 Å². The second kappa shape index (κ2) is 15.8. The van der Waals surface area contributed by atoms with Crippen molar-refractivity contribution in [3.63, 3.8) is 0 Å². The second-order valence-corrected chi connectivity index (χ2v) is 1.46. The summed E-state index contributed by atoms with van der Waals surface area (Å²) in [6.45, 7) is 3.36. The molecule has 0 aliphatic rings. The van der Waals surface area contributed by atoms with Crippen molar-refractivity contribution >= 4 is 0 Å². The Morgan fingerprint density at radius 1 is 1.25 bits per heavy atom. The van der Waals surface area contributed by atoms with Gasteiger partial charge in [-0.05, 0) is 20.0 Å². The van der Waals surface area contributed by atoms with E-state index in [1.165, 1.54) is 12.8 Å². The first-order chi connectivity index (χ1) is 2.91. The fourth-order valence-corrected chi connectivity index (χ4v) is 0.354. The predicted octanol–water partition coefficient (Wildman–Crippen LogP) is 2.28. The van der Waals surface area contributed by atoms with E-state index in [2.05, 4.69) is 12.2 Å². The van der Waals surface area contributed by atoms with Gasteiger partial charge in [-0.2, -0.15) is 0 Å². The summed E-state index contributed by atoms with van der Waals surface area (Å²) < 4.78 is 0. The highest BCUT2D eigenvalue weighted by atomic mass is 14.8. The monoisotopic (exact) mass is 119 g/mol. The summed E-state index contributed by atoms with van der Waals surface area (Å²) in [6.07, 6.45) is 2.59. The normalized spacial score (nSPS) is 6.75. The third kappa shape index (κ3) is 16.7. The summed E-state index contributed by atoms with van der Waals surface area (Å²) in [5.41, 5.74) is 0. The molecule has 8 heavy (non-hydrogen) atoms. The predicted molar refractivity (Wildman–Crippen MR) is 42.3 cm³/mol. The molecule has 54 valence electrons. The molecule has 0 atom stereocenters. The Labute approximate surface area is 54.5 Å². The number of hydrogen-bond donors (Lipinski definition) is 1. The maximum absolute atomic E-state index is 3.07. The molecule has 0 fully saturated rings. The van der Waals surface area contributed by atoms with Gasteiger partial charge in [-0.15, -0.1) is 0 Å². The molecule has 0 amide bonds. The average molecular weight is 119 g/mol. The van der Waals surface area contributed by atoms with Gasteiger partial charge in [0.25, 0.3) is 0 Å². The summed E-state index contributed by atoms with van der Waals surface area (Å²) in [6, 6.07) is 0. The maximum Gasteiger partial charge on any atom is -0.00520 e. The Hall–Kier alpha value is -0.0400. The molecule has 1 heteroatoms. The van der Waals surface area contributed by atoms with Gasteiger partial charge in [0.2, 0.25) is 0 Å². The van der Waals surface area contributed by atoms with E-state index >= 15 is 0 Å². The van der Waals surface area contributed by atoms with Gasteiger partial charge in [-0.1, -0.05) is 28.2 Å². The highest BCUT2D eigenvalue weighted by molar-refractivity contribution is 4.34. The summed E-state index contributed by atoms with van der Waals surface area (Å²) in [7, 11) is 1.98. The van der Waals surface area contributed by atoms with Crippen LogP contribution < -0.4 is 5.32 Å². The zero-order valence-electron chi connectivity index (χ0n) is 4.62. The first-order valence-corrected chi connectivity index (χ1v) is 2.56. The molecule has 0 aromatic heterocycles. The first-order valence-electron chi connectivity index (χ1n) is 2.56. The Morgan fingerprint density at radius 3 is 1.88 bits per heavy atom. The van der Waals surface area contributed by atoms with E-state index in [0.29, 0.717) is 0 Å². The molecule has 0 bridgehead atoms. The lowest BCUT2D eigenvalue weighted by atomic mass is 10.3. The van der Waals surface area contributed by atoms with Gasteiger partial charge in [0.15, 0.2) is 0 Å². The Bertz CT molecular complexity index is 16.3. The second-order valence-electron chi connectivity index (χ2n) is 1.46. The number of hydrogen-bond acceptors (Lipinski definition) is 1. The fourth-order valence-electron chi connectivity index (χ4n) is 0.354. The molecule has 0 rings (SSSR count). The van der Waals surface area contributed by atoms with Crippen LogP contribution in [0.25, 0.3) is 0 Å². The van der Waals surface area contributed by atoms with Crippen LogP contribution in [0.5, 0.6) is 0 Å². The van der Waals surface area contributed by atoms with Crippen LogP contribution >= 0.6 is 0 Å². The minimum Gasteiger partial charge on any atom is -0.320 e. The first kappa shape index (κ1) is 15.7. The molecule has 0 aromatic carbocycles. The van der Waals surface area contributed by atoms with E-state index in [9.17, 15) is 0 Å².